The Kier molecular flexibility index (Phi) is 8.38. The second-order valence-corrected chi connectivity index (χ2v) is 17.7. The third-order valence-electron chi connectivity index (χ3n) is 5.21. The lowest BCUT2D eigenvalue weighted by Gasteiger charge is -2.19. The Morgan fingerprint density at radius 1 is 0.647 bits per heavy atom. The third-order valence-corrected chi connectivity index (χ3v) is 13.7. The molecule has 0 N–H and O–H groups in total. The topological polar surface area (TPSA) is 43.4 Å². The fourth-order valence-electron chi connectivity index (χ4n) is 3.14. The molecule has 0 spiro atoms. The van der Waals surface area contributed by atoms with Crippen LogP contribution >= 0.6 is 34.8 Å². The molecule has 0 atom stereocenters. The molecule has 1 radical (unpaired) electrons. The Balaban J connectivity index is 2.09. The van der Waals surface area contributed by atoms with Crippen molar-refractivity contribution in [3.63, 3.8) is 0 Å². The molecular formula is C26H28Cl3IO3S+. The van der Waals surface area contributed by atoms with Gasteiger partial charge in [0.15, 0.2) is 7.14 Å². The van der Waals surface area contributed by atoms with E-state index < -0.39 is 30.4 Å². The van der Waals surface area contributed by atoms with E-state index in [4.69, 9.17) is 37.3 Å². The number of rotatable bonds is 5. The van der Waals surface area contributed by atoms with Gasteiger partial charge in [0.25, 0.3) is 0 Å². The second-order valence-electron chi connectivity index (χ2n) is 9.98. The van der Waals surface area contributed by atoms with E-state index in [9.17, 15) is 8.42 Å². The third kappa shape index (κ3) is 6.48. The van der Waals surface area contributed by atoms with Crippen LogP contribution < -0.4 is 20.2 Å². The summed E-state index contributed by atoms with van der Waals surface area (Å²) in [5.74, 6) is 0. The fourth-order valence-corrected chi connectivity index (χ4v) is 11.0. The van der Waals surface area contributed by atoms with Gasteiger partial charge in [-0.2, -0.15) is 8.42 Å². The number of benzene rings is 3. The maximum atomic E-state index is 13.4. The maximum Gasteiger partial charge on any atom is 0.337 e. The van der Waals surface area contributed by atoms with Crippen molar-refractivity contribution in [2.45, 2.75) is 57.3 Å². The molecule has 3 aromatic carbocycles. The van der Waals surface area contributed by atoms with Crippen molar-refractivity contribution in [3.8, 4) is 0 Å². The van der Waals surface area contributed by atoms with E-state index in [2.05, 4.69) is 41.5 Å². The molecule has 0 saturated carbocycles. The van der Waals surface area contributed by atoms with Crippen LogP contribution in [0, 0.1) is 7.14 Å². The molecule has 0 aliphatic heterocycles. The summed E-state index contributed by atoms with van der Waals surface area (Å²) in [6.45, 7) is 12.8. The van der Waals surface area contributed by atoms with Gasteiger partial charge in [-0.25, -0.2) is 0 Å². The van der Waals surface area contributed by atoms with Gasteiger partial charge in [-0.15, -0.1) is 0 Å². The molecule has 0 aliphatic rings. The standard InChI is InChI=1S/C26H28Cl3IO3S/c1-25(2,3)17-7-11-19(12-8-17)30(20-13-9-18(10-14-20)26(4,5)6)33-34(31,32)24-16-22(28)21(27)15-23(24)29/h7-16H,1-6H3/q+1. The Morgan fingerprint density at radius 2 is 1.03 bits per heavy atom. The van der Waals surface area contributed by atoms with Crippen molar-refractivity contribution in [2.75, 3.05) is 0 Å². The van der Waals surface area contributed by atoms with E-state index in [0.29, 0.717) is 0 Å². The first-order valence-corrected chi connectivity index (χ1v) is 16.2. The molecule has 0 aliphatic carbocycles. The van der Waals surface area contributed by atoms with Crippen LogP contribution in [0.5, 0.6) is 0 Å². The van der Waals surface area contributed by atoms with Crippen molar-refractivity contribution < 1.29 is 31.2 Å². The summed E-state index contributed by atoms with van der Waals surface area (Å²) in [4.78, 5) is -0.191. The highest BCUT2D eigenvalue weighted by Crippen LogP contribution is 2.32. The highest BCUT2D eigenvalue weighted by molar-refractivity contribution is 7.86. The van der Waals surface area contributed by atoms with Gasteiger partial charge in [0.1, 0.15) is 4.90 Å². The Bertz CT molecular complexity index is 1220. The molecule has 0 amide bonds. The zero-order valence-electron chi connectivity index (χ0n) is 19.9. The predicted molar refractivity (Wildman–Crippen MR) is 137 cm³/mol. The molecule has 0 fully saturated rings. The van der Waals surface area contributed by atoms with Gasteiger partial charge >= 0.3 is 30.4 Å². The lowest BCUT2D eigenvalue weighted by Crippen LogP contribution is -3.85. The summed E-state index contributed by atoms with van der Waals surface area (Å²) in [5, 5.41) is 0.241. The summed E-state index contributed by atoms with van der Waals surface area (Å²) < 4.78 is 34.4. The van der Waals surface area contributed by atoms with Gasteiger partial charge in [0.05, 0.1) is 15.1 Å². The summed E-state index contributed by atoms with van der Waals surface area (Å²) in [6, 6.07) is 18.6. The normalized spacial score (nSPS) is 12.9. The molecule has 3 rings (SSSR count). The fraction of sp³-hybridized carbons (Fsp3) is 0.308. The van der Waals surface area contributed by atoms with Crippen LogP contribution in [0.2, 0.25) is 15.1 Å². The lowest BCUT2D eigenvalue weighted by molar-refractivity contribution is -1.03. The largest absolute Gasteiger partial charge is 0.337 e. The molecule has 3 nitrogen and oxygen atoms in total. The van der Waals surface area contributed by atoms with Crippen molar-refractivity contribution in [1.82, 2.24) is 0 Å². The van der Waals surface area contributed by atoms with Crippen molar-refractivity contribution in [1.29, 1.82) is 0 Å². The van der Waals surface area contributed by atoms with Crippen LogP contribution in [0.25, 0.3) is 0 Å². The monoisotopic (exact) mass is 652 g/mol. The van der Waals surface area contributed by atoms with Gasteiger partial charge in [-0.05, 0) is 60.9 Å². The molecule has 0 heterocycles. The Labute approximate surface area is 225 Å². The van der Waals surface area contributed by atoms with Gasteiger partial charge in [-0.1, -0.05) is 101 Å². The minimum absolute atomic E-state index is 0.0214. The summed E-state index contributed by atoms with van der Waals surface area (Å²) in [7, 11) is -4.21. The molecule has 0 saturated heterocycles. The van der Waals surface area contributed by atoms with Crippen LogP contribution in [-0.4, -0.2) is 8.42 Å². The average molecular weight is 654 g/mol. The Hall–Kier alpha value is -0.830. The summed E-state index contributed by atoms with van der Waals surface area (Å²) in [6.07, 6.45) is 0. The zero-order valence-corrected chi connectivity index (χ0v) is 25.2. The maximum absolute atomic E-state index is 13.4. The summed E-state index contributed by atoms with van der Waals surface area (Å²) in [5.41, 5.74) is 2.27. The molecule has 3 aromatic rings. The van der Waals surface area contributed by atoms with E-state index in [-0.39, 0.29) is 30.8 Å². The first-order valence-electron chi connectivity index (χ1n) is 10.6. The molecule has 183 valence electrons. The number of halogens is 4. The molecule has 34 heavy (non-hydrogen) atoms. The highest BCUT2D eigenvalue weighted by atomic mass is 127. The van der Waals surface area contributed by atoms with Crippen LogP contribution in [0.1, 0.15) is 52.7 Å². The van der Waals surface area contributed by atoms with E-state index in [0.717, 1.165) is 18.3 Å². The van der Waals surface area contributed by atoms with Crippen LogP contribution in [0.3, 0.4) is 0 Å². The number of hydrogen-bond donors (Lipinski definition) is 0. The van der Waals surface area contributed by atoms with Crippen LogP contribution in [-0.2, 0) is 23.5 Å². The molecule has 0 aromatic heterocycles. The molecular weight excluding hydrogens is 626 g/mol. The van der Waals surface area contributed by atoms with E-state index in [1.165, 1.54) is 12.1 Å². The first-order chi connectivity index (χ1) is 15.6. The van der Waals surface area contributed by atoms with Gasteiger partial charge in [0.2, 0.25) is 0 Å². The van der Waals surface area contributed by atoms with Crippen LogP contribution in [0.15, 0.2) is 65.6 Å². The minimum atomic E-state index is -4.21. The van der Waals surface area contributed by atoms with Crippen molar-refractivity contribution in [2.24, 2.45) is 0 Å². The van der Waals surface area contributed by atoms with Crippen molar-refractivity contribution in [3.05, 3.63) is 94.0 Å². The average Bonchev–Trinajstić information content (AvgIpc) is 2.73. The lowest BCUT2D eigenvalue weighted by atomic mass is 9.87. The summed E-state index contributed by atoms with van der Waals surface area (Å²) >= 11 is 15.4. The van der Waals surface area contributed by atoms with Crippen LogP contribution in [0.4, 0.5) is 0 Å². The van der Waals surface area contributed by atoms with E-state index >= 15 is 0 Å². The van der Waals surface area contributed by atoms with Crippen molar-refractivity contribution >= 4 is 44.9 Å². The second kappa shape index (κ2) is 10.3. The molecule has 0 bridgehead atoms. The highest BCUT2D eigenvalue weighted by Gasteiger charge is 2.39. The zero-order chi connectivity index (χ0) is 25.5. The van der Waals surface area contributed by atoms with E-state index in [1.54, 1.807) is 0 Å². The van der Waals surface area contributed by atoms with Gasteiger partial charge < -0.3 is 0 Å². The van der Waals surface area contributed by atoms with E-state index in [1.807, 2.05) is 48.5 Å². The SMILES string of the molecule is CC(C)(C)c1ccc([I+](OS(=O)(=O)c2cc(Cl)c(Cl)cc2Cl)c2ccc(C(C)(C)C)cc2)cc1. The Morgan fingerprint density at radius 3 is 1.41 bits per heavy atom. The first kappa shape index (κ1) is 27.8. The van der Waals surface area contributed by atoms with Gasteiger partial charge in [-0.3, -0.25) is 0 Å². The minimum Gasteiger partial charge on any atom is -0.190 e. The smallest absolute Gasteiger partial charge is 0.190 e. The predicted octanol–water partition coefficient (Wildman–Crippen LogP) is 5.23. The molecule has 8 heteroatoms. The van der Waals surface area contributed by atoms with Gasteiger partial charge in [0, 0.05) is 0 Å². The molecule has 0 unspecified atom stereocenters. The quantitative estimate of drug-likeness (QED) is 0.280. The number of hydrogen-bond acceptors (Lipinski definition) is 3.